The second-order valence-corrected chi connectivity index (χ2v) is 7.90. The predicted molar refractivity (Wildman–Crippen MR) is 138 cm³/mol. The number of nitrogens with zero attached hydrogens (tertiary/aromatic N) is 1. The molecule has 188 valence electrons. The van der Waals surface area contributed by atoms with Crippen LogP contribution in [0.15, 0.2) is 53.5 Å². The number of methoxy groups -OCH3 is 1. The lowest BCUT2D eigenvalue weighted by atomic mass is 10.1. The summed E-state index contributed by atoms with van der Waals surface area (Å²) in [6.07, 6.45) is 3.53. The number of ether oxygens (including phenoxy) is 2. The van der Waals surface area contributed by atoms with E-state index in [4.69, 9.17) is 9.47 Å². The monoisotopic (exact) mass is 482 g/mol. The molecule has 8 heteroatoms. The fourth-order valence-corrected chi connectivity index (χ4v) is 3.46. The third-order valence-corrected chi connectivity index (χ3v) is 5.04. The molecule has 0 saturated heterocycles. The predicted octanol–water partition coefficient (Wildman–Crippen LogP) is 4.73. The second kappa shape index (κ2) is 13.8. The van der Waals surface area contributed by atoms with Gasteiger partial charge < -0.3 is 24.5 Å². The lowest BCUT2D eigenvalue weighted by Crippen LogP contribution is -2.19. The van der Waals surface area contributed by atoms with E-state index < -0.39 is 11.4 Å². The average molecular weight is 483 g/mol. The molecule has 0 aliphatic carbocycles. The summed E-state index contributed by atoms with van der Waals surface area (Å²) >= 11 is 0. The SMILES string of the molecule is CCC.CCn1cc(C(=O)O)c(=O)c2cccc(OCCCNc3cccc(CC(=O)OC)c3)c21. The fraction of sp³-hybridized carbons (Fsp3) is 0.370. The Hall–Kier alpha value is -3.81. The van der Waals surface area contributed by atoms with Gasteiger partial charge in [0.05, 0.1) is 31.0 Å². The summed E-state index contributed by atoms with van der Waals surface area (Å²) in [7, 11) is 1.37. The number of hydrogen-bond acceptors (Lipinski definition) is 6. The highest BCUT2D eigenvalue weighted by molar-refractivity contribution is 5.94. The first-order chi connectivity index (χ1) is 16.9. The van der Waals surface area contributed by atoms with Gasteiger partial charge in [0.2, 0.25) is 5.43 Å². The minimum absolute atomic E-state index is 0.221. The Morgan fingerprint density at radius 1 is 1.09 bits per heavy atom. The molecule has 0 amide bonds. The number of carboxylic acids is 1. The zero-order chi connectivity index (χ0) is 25.8. The molecule has 3 rings (SSSR count). The minimum atomic E-state index is -1.24. The first-order valence-electron chi connectivity index (χ1n) is 11.8. The number of fused-ring (bicyclic) bond motifs is 1. The van der Waals surface area contributed by atoms with Crippen LogP contribution in [0, 0.1) is 0 Å². The van der Waals surface area contributed by atoms with Crippen LogP contribution in [-0.2, 0) is 22.5 Å². The molecule has 2 N–H and O–H groups in total. The highest BCUT2D eigenvalue weighted by atomic mass is 16.5. The number of pyridine rings is 1. The molecule has 8 nitrogen and oxygen atoms in total. The topological polar surface area (TPSA) is 107 Å². The molecule has 0 saturated carbocycles. The lowest BCUT2D eigenvalue weighted by Gasteiger charge is -2.15. The summed E-state index contributed by atoms with van der Waals surface area (Å²) in [5.41, 5.74) is 1.59. The Morgan fingerprint density at radius 2 is 1.80 bits per heavy atom. The van der Waals surface area contributed by atoms with E-state index in [9.17, 15) is 19.5 Å². The number of para-hydroxylation sites is 1. The largest absolute Gasteiger partial charge is 0.491 e. The average Bonchev–Trinajstić information content (AvgIpc) is 2.84. The van der Waals surface area contributed by atoms with Crippen LogP contribution in [0.4, 0.5) is 5.69 Å². The van der Waals surface area contributed by atoms with Gasteiger partial charge >= 0.3 is 11.9 Å². The van der Waals surface area contributed by atoms with E-state index in [1.165, 1.54) is 19.7 Å². The van der Waals surface area contributed by atoms with Gasteiger partial charge in [0.1, 0.15) is 11.3 Å². The molecule has 0 bridgehead atoms. The van der Waals surface area contributed by atoms with Crippen LogP contribution in [0.3, 0.4) is 0 Å². The Morgan fingerprint density at radius 3 is 2.46 bits per heavy atom. The Bertz CT molecular complexity index is 1200. The number of aryl methyl sites for hydroxylation is 1. The highest BCUT2D eigenvalue weighted by Crippen LogP contribution is 2.24. The van der Waals surface area contributed by atoms with Crippen molar-refractivity contribution in [1.82, 2.24) is 4.57 Å². The summed E-state index contributed by atoms with van der Waals surface area (Å²) < 4.78 is 12.4. The molecule has 1 heterocycles. The van der Waals surface area contributed by atoms with E-state index in [0.717, 1.165) is 11.3 Å². The van der Waals surface area contributed by atoms with Gasteiger partial charge in [-0.25, -0.2) is 4.79 Å². The van der Waals surface area contributed by atoms with E-state index in [-0.39, 0.29) is 18.0 Å². The fourth-order valence-electron chi connectivity index (χ4n) is 3.46. The van der Waals surface area contributed by atoms with Crippen molar-refractivity contribution in [2.45, 2.75) is 46.6 Å². The van der Waals surface area contributed by atoms with Crippen molar-refractivity contribution >= 4 is 28.5 Å². The zero-order valence-corrected chi connectivity index (χ0v) is 20.8. The number of anilines is 1. The van der Waals surface area contributed by atoms with Gasteiger partial charge in [0, 0.05) is 25.0 Å². The summed E-state index contributed by atoms with van der Waals surface area (Å²) in [5, 5.41) is 12.9. The Kier molecular flexibility index (Phi) is 10.8. The van der Waals surface area contributed by atoms with Crippen LogP contribution < -0.4 is 15.5 Å². The number of rotatable bonds is 10. The van der Waals surface area contributed by atoms with Gasteiger partial charge in [0.25, 0.3) is 0 Å². The maximum atomic E-state index is 12.5. The first-order valence-corrected chi connectivity index (χ1v) is 11.8. The summed E-state index contributed by atoms with van der Waals surface area (Å²) in [4.78, 5) is 35.4. The van der Waals surface area contributed by atoms with E-state index in [0.29, 0.717) is 42.8 Å². The van der Waals surface area contributed by atoms with E-state index in [1.54, 1.807) is 22.8 Å². The number of esters is 1. The van der Waals surface area contributed by atoms with E-state index in [2.05, 4.69) is 19.2 Å². The normalized spacial score (nSPS) is 10.3. The van der Waals surface area contributed by atoms with Crippen LogP contribution in [-0.4, -0.2) is 41.9 Å². The molecule has 2 aromatic carbocycles. The van der Waals surface area contributed by atoms with Gasteiger partial charge in [-0.1, -0.05) is 38.5 Å². The molecule has 0 spiro atoms. The quantitative estimate of drug-likeness (QED) is 0.318. The van der Waals surface area contributed by atoms with E-state index in [1.807, 2.05) is 31.2 Å². The van der Waals surface area contributed by atoms with Gasteiger partial charge in [-0.2, -0.15) is 0 Å². The molecular weight excluding hydrogens is 448 g/mol. The van der Waals surface area contributed by atoms with Gasteiger partial charge in [-0.15, -0.1) is 0 Å². The molecule has 0 unspecified atom stereocenters. The molecule has 0 aliphatic rings. The lowest BCUT2D eigenvalue weighted by molar-refractivity contribution is -0.139. The maximum absolute atomic E-state index is 12.5. The van der Waals surface area contributed by atoms with Crippen LogP contribution in [0.5, 0.6) is 5.75 Å². The standard InChI is InChI=1S/C24H26N2O6.C3H8/c1-3-26-15-19(24(29)30)23(28)18-9-5-10-20(22(18)26)32-12-6-11-25-17-8-4-7-16(13-17)14-21(27)31-2;1-3-2/h4-5,7-10,13,15,25H,3,6,11-12,14H2,1-2H3,(H,29,30);3H2,1-2H3. The van der Waals surface area contributed by atoms with Crippen molar-refractivity contribution in [3.63, 3.8) is 0 Å². The molecule has 0 radical (unpaired) electrons. The third-order valence-electron chi connectivity index (χ3n) is 5.04. The first kappa shape index (κ1) is 27.4. The number of hydrogen-bond donors (Lipinski definition) is 2. The van der Waals surface area contributed by atoms with Crippen LogP contribution in [0.1, 0.15) is 49.5 Å². The number of aromatic carboxylic acids is 1. The number of benzene rings is 2. The summed E-state index contributed by atoms with van der Waals surface area (Å²) in [5.74, 6) is -0.989. The number of carboxylic acid groups (broad SMARTS) is 1. The Labute approximate surface area is 205 Å². The third kappa shape index (κ3) is 7.60. The molecule has 1 aromatic heterocycles. The van der Waals surface area contributed by atoms with Gasteiger partial charge in [-0.05, 0) is 43.2 Å². The van der Waals surface area contributed by atoms with Crippen LogP contribution in [0.2, 0.25) is 0 Å². The summed E-state index contributed by atoms with van der Waals surface area (Å²) in [6.45, 7) is 7.69. The van der Waals surface area contributed by atoms with Crippen LogP contribution in [0.25, 0.3) is 10.9 Å². The smallest absolute Gasteiger partial charge is 0.341 e. The van der Waals surface area contributed by atoms with Crippen molar-refractivity contribution in [2.24, 2.45) is 0 Å². The van der Waals surface area contributed by atoms with Crippen LogP contribution >= 0.6 is 0 Å². The zero-order valence-electron chi connectivity index (χ0n) is 20.8. The van der Waals surface area contributed by atoms with Gasteiger partial charge in [-0.3, -0.25) is 9.59 Å². The second-order valence-electron chi connectivity index (χ2n) is 7.90. The molecule has 0 fully saturated rings. The molecule has 0 aliphatic heterocycles. The number of carbonyl (C=O) groups excluding carboxylic acids is 1. The molecule has 35 heavy (non-hydrogen) atoms. The van der Waals surface area contributed by atoms with Crippen molar-refractivity contribution in [3.05, 3.63) is 70.0 Å². The minimum Gasteiger partial charge on any atom is -0.491 e. The van der Waals surface area contributed by atoms with Gasteiger partial charge in [0.15, 0.2) is 0 Å². The molecule has 3 aromatic rings. The molecule has 0 atom stereocenters. The number of nitrogens with one attached hydrogen (secondary N) is 1. The summed E-state index contributed by atoms with van der Waals surface area (Å²) in [6, 6.07) is 12.7. The molecular formula is C27H34N2O6. The number of aromatic nitrogens is 1. The van der Waals surface area contributed by atoms with Crippen molar-refractivity contribution in [1.29, 1.82) is 0 Å². The van der Waals surface area contributed by atoms with Crippen molar-refractivity contribution in [3.8, 4) is 5.75 Å². The number of carbonyl (C=O) groups is 2. The maximum Gasteiger partial charge on any atom is 0.341 e. The van der Waals surface area contributed by atoms with Crippen molar-refractivity contribution in [2.75, 3.05) is 25.6 Å². The van der Waals surface area contributed by atoms with E-state index >= 15 is 0 Å². The highest BCUT2D eigenvalue weighted by Gasteiger charge is 2.16. The Balaban J connectivity index is 0.00000137. The van der Waals surface area contributed by atoms with Crippen molar-refractivity contribution < 1.29 is 24.2 Å².